The number of amides is 1. The fraction of sp³-hybridized carbons (Fsp3) is 0.318. The summed E-state index contributed by atoms with van der Waals surface area (Å²) in [7, 11) is 0. The summed E-state index contributed by atoms with van der Waals surface area (Å²) in [6, 6.07) is 13.7. The van der Waals surface area contributed by atoms with Gasteiger partial charge in [0.1, 0.15) is 6.10 Å². The molecule has 1 aromatic carbocycles. The molecular weight excluding hydrogens is 368 g/mol. The smallest absolute Gasteiger partial charge is 0.407 e. The van der Waals surface area contributed by atoms with E-state index < -0.39 is 12.2 Å². The van der Waals surface area contributed by atoms with Crippen molar-refractivity contribution in [1.29, 1.82) is 5.26 Å². The van der Waals surface area contributed by atoms with Crippen molar-refractivity contribution in [1.82, 2.24) is 14.9 Å². The zero-order chi connectivity index (χ0) is 20.4. The molecule has 0 saturated carbocycles. The van der Waals surface area contributed by atoms with Crippen molar-refractivity contribution in [3.05, 3.63) is 65.1 Å². The van der Waals surface area contributed by atoms with E-state index in [0.29, 0.717) is 24.9 Å². The van der Waals surface area contributed by atoms with Crippen LogP contribution in [0.25, 0.3) is 10.9 Å². The number of carbonyl (C=O) groups is 1. The molecule has 7 heteroatoms. The van der Waals surface area contributed by atoms with E-state index >= 15 is 0 Å². The molecule has 2 aromatic heterocycles. The van der Waals surface area contributed by atoms with Crippen molar-refractivity contribution >= 4 is 17.0 Å². The number of benzene rings is 1. The van der Waals surface area contributed by atoms with Gasteiger partial charge in [-0.3, -0.25) is 4.98 Å². The number of aliphatic hydroxyl groups excluding tert-OH is 1. The van der Waals surface area contributed by atoms with E-state index in [1.807, 2.05) is 36.4 Å². The third-order valence-electron chi connectivity index (χ3n) is 5.24. The van der Waals surface area contributed by atoms with Gasteiger partial charge < -0.3 is 19.7 Å². The Kier molecular flexibility index (Phi) is 5.19. The van der Waals surface area contributed by atoms with Gasteiger partial charge in [0.25, 0.3) is 0 Å². The number of nitriles is 1. The number of aromatic nitrogens is 2. The van der Waals surface area contributed by atoms with Gasteiger partial charge in [-0.05, 0) is 49.2 Å². The van der Waals surface area contributed by atoms with Crippen molar-refractivity contribution in [2.75, 3.05) is 6.61 Å². The number of aliphatic hydroxyl groups is 1. The molecule has 2 N–H and O–H groups in total. The Bertz CT molecular complexity index is 1080. The van der Waals surface area contributed by atoms with Gasteiger partial charge in [-0.25, -0.2) is 4.79 Å². The fourth-order valence-corrected chi connectivity index (χ4v) is 3.92. The second kappa shape index (κ2) is 7.94. The third kappa shape index (κ3) is 3.80. The maximum atomic E-state index is 12.1. The number of pyridine rings is 1. The van der Waals surface area contributed by atoms with Crippen LogP contribution in [0, 0.1) is 11.3 Å². The molecule has 2 heterocycles. The van der Waals surface area contributed by atoms with Crippen LogP contribution in [0.3, 0.4) is 0 Å². The third-order valence-corrected chi connectivity index (χ3v) is 5.24. The van der Waals surface area contributed by atoms with E-state index in [4.69, 9.17) is 9.84 Å². The van der Waals surface area contributed by atoms with Gasteiger partial charge in [-0.1, -0.05) is 6.07 Å². The molecule has 0 saturated heterocycles. The Hall–Kier alpha value is -3.37. The summed E-state index contributed by atoms with van der Waals surface area (Å²) in [5, 5.41) is 22.3. The second-order valence-corrected chi connectivity index (χ2v) is 7.32. The van der Waals surface area contributed by atoms with E-state index in [9.17, 15) is 10.1 Å². The van der Waals surface area contributed by atoms with Crippen LogP contribution in [0.1, 0.15) is 29.4 Å². The minimum atomic E-state index is -0.546. The lowest BCUT2D eigenvalue weighted by molar-refractivity contribution is 0.0661. The van der Waals surface area contributed by atoms with Crippen LogP contribution in [-0.2, 0) is 24.1 Å². The van der Waals surface area contributed by atoms with Crippen molar-refractivity contribution in [2.24, 2.45) is 0 Å². The summed E-state index contributed by atoms with van der Waals surface area (Å²) >= 11 is 0. The van der Waals surface area contributed by atoms with Gasteiger partial charge in [-0.2, -0.15) is 5.26 Å². The van der Waals surface area contributed by atoms with E-state index in [1.165, 1.54) is 0 Å². The standard InChI is InChI=1S/C22H22N4O3/c1-14(13-27)29-22(28)25-17-9-19-18-8-15(11-23)5-6-20(18)26(21(19)10-17)12-16-4-2-3-7-24-16/h2-8,14,17,27H,9-10,12-13H2,1H3,(H,25,28)/t14-,17+/m1/s1. The number of fused-ring (bicyclic) bond motifs is 3. The highest BCUT2D eigenvalue weighted by Gasteiger charge is 2.30. The molecule has 0 radical (unpaired) electrons. The van der Waals surface area contributed by atoms with Crippen molar-refractivity contribution in [2.45, 2.75) is 38.5 Å². The molecule has 0 spiro atoms. The second-order valence-electron chi connectivity index (χ2n) is 7.32. The summed E-state index contributed by atoms with van der Waals surface area (Å²) in [4.78, 5) is 16.5. The lowest BCUT2D eigenvalue weighted by Crippen LogP contribution is -2.38. The Morgan fingerprint density at radius 3 is 3.00 bits per heavy atom. The molecule has 3 aromatic rings. The van der Waals surface area contributed by atoms with Crippen LogP contribution in [-0.4, -0.2) is 39.5 Å². The minimum Gasteiger partial charge on any atom is -0.444 e. The van der Waals surface area contributed by atoms with Gasteiger partial charge in [0.2, 0.25) is 0 Å². The Morgan fingerprint density at radius 2 is 2.28 bits per heavy atom. The van der Waals surface area contributed by atoms with Crippen LogP contribution in [0.5, 0.6) is 0 Å². The first-order valence-corrected chi connectivity index (χ1v) is 9.61. The zero-order valence-corrected chi connectivity index (χ0v) is 16.1. The highest BCUT2D eigenvalue weighted by atomic mass is 16.6. The van der Waals surface area contributed by atoms with E-state index in [1.54, 1.807) is 13.1 Å². The van der Waals surface area contributed by atoms with Crippen LogP contribution >= 0.6 is 0 Å². The largest absolute Gasteiger partial charge is 0.444 e. The molecule has 1 aliphatic carbocycles. The van der Waals surface area contributed by atoms with Gasteiger partial charge in [0, 0.05) is 35.3 Å². The quantitative estimate of drug-likeness (QED) is 0.697. The molecular formula is C22H22N4O3. The number of alkyl carbamates (subject to hydrolysis) is 1. The Labute approximate surface area is 168 Å². The lowest BCUT2D eigenvalue weighted by Gasteiger charge is -2.16. The predicted molar refractivity (Wildman–Crippen MR) is 107 cm³/mol. The molecule has 0 fully saturated rings. The normalized spacial score (nSPS) is 16.2. The van der Waals surface area contributed by atoms with Crippen LogP contribution in [0.4, 0.5) is 4.79 Å². The Morgan fingerprint density at radius 1 is 1.41 bits per heavy atom. The molecule has 4 rings (SSSR count). The van der Waals surface area contributed by atoms with Crippen LogP contribution < -0.4 is 5.32 Å². The van der Waals surface area contributed by atoms with Gasteiger partial charge in [0.15, 0.2) is 0 Å². The molecule has 148 valence electrons. The highest BCUT2D eigenvalue weighted by molar-refractivity contribution is 5.88. The van der Waals surface area contributed by atoms with Crippen LogP contribution in [0.2, 0.25) is 0 Å². The maximum absolute atomic E-state index is 12.1. The van der Waals surface area contributed by atoms with Gasteiger partial charge >= 0.3 is 6.09 Å². The zero-order valence-electron chi connectivity index (χ0n) is 16.1. The van der Waals surface area contributed by atoms with E-state index in [0.717, 1.165) is 27.9 Å². The molecule has 0 bridgehead atoms. The topological polar surface area (TPSA) is 100 Å². The lowest BCUT2D eigenvalue weighted by atomic mass is 10.1. The number of hydrogen-bond acceptors (Lipinski definition) is 5. The maximum Gasteiger partial charge on any atom is 0.407 e. The predicted octanol–water partition coefficient (Wildman–Crippen LogP) is 2.53. The first-order chi connectivity index (χ1) is 14.1. The molecule has 7 nitrogen and oxygen atoms in total. The van der Waals surface area contributed by atoms with Crippen LogP contribution in [0.15, 0.2) is 42.6 Å². The number of ether oxygens (including phenoxy) is 1. The molecule has 1 aliphatic rings. The summed E-state index contributed by atoms with van der Waals surface area (Å²) < 4.78 is 7.35. The van der Waals surface area contributed by atoms with Crippen molar-refractivity contribution < 1.29 is 14.6 Å². The fourth-order valence-electron chi connectivity index (χ4n) is 3.92. The summed E-state index contributed by atoms with van der Waals surface area (Å²) in [5.41, 5.74) is 4.91. The van der Waals surface area contributed by atoms with Crippen molar-refractivity contribution in [3.8, 4) is 6.07 Å². The summed E-state index contributed by atoms with van der Waals surface area (Å²) in [6.07, 6.45) is 2.04. The SMILES string of the molecule is C[C@H](CO)OC(=O)N[C@H]1Cc2c(n(Cc3ccccn3)c3ccc(C#N)cc23)C1. The highest BCUT2D eigenvalue weighted by Crippen LogP contribution is 2.34. The molecule has 2 atom stereocenters. The summed E-state index contributed by atoms with van der Waals surface area (Å²) in [6.45, 7) is 2.05. The summed E-state index contributed by atoms with van der Waals surface area (Å²) in [5.74, 6) is 0. The Balaban J connectivity index is 1.65. The van der Waals surface area contributed by atoms with E-state index in [2.05, 4.69) is 20.9 Å². The minimum absolute atomic E-state index is 0.0940. The molecule has 1 amide bonds. The number of nitrogens with one attached hydrogen (secondary N) is 1. The average Bonchev–Trinajstić information content (AvgIpc) is 3.26. The van der Waals surface area contributed by atoms with Gasteiger partial charge in [-0.15, -0.1) is 0 Å². The average molecular weight is 390 g/mol. The molecule has 29 heavy (non-hydrogen) atoms. The number of rotatable bonds is 5. The first-order valence-electron chi connectivity index (χ1n) is 9.61. The first kappa shape index (κ1) is 19.0. The van der Waals surface area contributed by atoms with E-state index in [-0.39, 0.29) is 12.6 Å². The number of nitrogens with zero attached hydrogens (tertiary/aromatic N) is 3. The molecule has 0 unspecified atom stereocenters. The number of hydrogen-bond donors (Lipinski definition) is 2. The monoisotopic (exact) mass is 390 g/mol. The van der Waals surface area contributed by atoms with Crippen molar-refractivity contribution in [3.63, 3.8) is 0 Å². The molecule has 0 aliphatic heterocycles. The van der Waals surface area contributed by atoms with Gasteiger partial charge in [0.05, 0.1) is 30.5 Å². The number of carbonyl (C=O) groups excluding carboxylic acids is 1.